The zero-order chi connectivity index (χ0) is 26.2. The Kier molecular flexibility index (Phi) is 23.5. The van der Waals surface area contributed by atoms with Crippen molar-refractivity contribution in [3.05, 3.63) is 0 Å². The lowest BCUT2D eigenvalue weighted by atomic mass is 10.0. The first kappa shape index (κ1) is 34.5. The predicted octanol–water partition coefficient (Wildman–Crippen LogP) is 5.83. The van der Waals surface area contributed by atoms with Crippen LogP contribution in [0.1, 0.15) is 110 Å². The average Bonchev–Trinajstić information content (AvgIpc) is 2.83. The van der Waals surface area contributed by atoms with E-state index in [0.29, 0.717) is 6.61 Å². The van der Waals surface area contributed by atoms with Gasteiger partial charge in [-0.25, -0.2) is 4.57 Å². The SMILES string of the molecule is CCCCCCCCCCCCCCCCCCOC[C@H](COP(=O)(O)OC[C@H](N)C(=O)O)OC. The predicted molar refractivity (Wildman–Crippen MR) is 139 cm³/mol. The van der Waals surface area contributed by atoms with E-state index in [4.69, 9.17) is 24.8 Å². The molecule has 10 heteroatoms. The Morgan fingerprint density at radius 3 is 1.63 bits per heavy atom. The van der Waals surface area contributed by atoms with Crippen LogP contribution in [0.2, 0.25) is 0 Å². The molecule has 0 fully saturated rings. The summed E-state index contributed by atoms with van der Waals surface area (Å²) in [7, 11) is -2.96. The first-order valence-electron chi connectivity index (χ1n) is 13.5. The quantitative estimate of drug-likeness (QED) is 0.0893. The number of hydrogen-bond acceptors (Lipinski definition) is 7. The Balaban J connectivity index is 3.51. The second kappa shape index (κ2) is 23.8. The first-order valence-corrected chi connectivity index (χ1v) is 15.0. The number of carbonyl (C=O) groups is 1. The Labute approximate surface area is 213 Å². The normalized spacial score (nSPS) is 15.1. The lowest BCUT2D eigenvalue weighted by Gasteiger charge is -2.18. The smallest absolute Gasteiger partial charge is 0.472 e. The highest BCUT2D eigenvalue weighted by Crippen LogP contribution is 2.43. The monoisotopic (exact) mass is 525 g/mol. The van der Waals surface area contributed by atoms with Crippen molar-refractivity contribution in [2.24, 2.45) is 5.73 Å². The Hall–Kier alpha value is -0.540. The molecule has 0 saturated heterocycles. The number of methoxy groups -OCH3 is 1. The minimum Gasteiger partial charge on any atom is -0.480 e. The summed E-state index contributed by atoms with van der Waals surface area (Å²) in [6.45, 7) is 2.24. The van der Waals surface area contributed by atoms with Crippen molar-refractivity contribution in [2.45, 2.75) is 122 Å². The van der Waals surface area contributed by atoms with Gasteiger partial charge in [-0.3, -0.25) is 13.8 Å². The van der Waals surface area contributed by atoms with Crippen molar-refractivity contribution in [1.29, 1.82) is 0 Å². The van der Waals surface area contributed by atoms with E-state index in [-0.39, 0.29) is 13.2 Å². The summed E-state index contributed by atoms with van der Waals surface area (Å²) in [5.41, 5.74) is 5.23. The van der Waals surface area contributed by atoms with E-state index in [2.05, 4.69) is 11.4 Å². The van der Waals surface area contributed by atoms with Gasteiger partial charge in [0.2, 0.25) is 0 Å². The second-order valence-electron chi connectivity index (χ2n) is 9.24. The van der Waals surface area contributed by atoms with Crippen molar-refractivity contribution in [2.75, 3.05) is 33.5 Å². The number of phosphoric ester groups is 1. The highest BCUT2D eigenvalue weighted by Gasteiger charge is 2.26. The van der Waals surface area contributed by atoms with Crippen molar-refractivity contribution in [3.63, 3.8) is 0 Å². The maximum atomic E-state index is 11.8. The van der Waals surface area contributed by atoms with E-state index in [1.807, 2.05) is 0 Å². The van der Waals surface area contributed by atoms with Gasteiger partial charge in [0, 0.05) is 13.7 Å². The summed E-state index contributed by atoms with van der Waals surface area (Å²) in [6.07, 6.45) is 20.5. The highest BCUT2D eigenvalue weighted by atomic mass is 31.2. The third kappa shape index (κ3) is 23.6. The van der Waals surface area contributed by atoms with Gasteiger partial charge in [-0.1, -0.05) is 103 Å². The summed E-state index contributed by atoms with van der Waals surface area (Å²) >= 11 is 0. The number of hydrogen-bond donors (Lipinski definition) is 3. The summed E-state index contributed by atoms with van der Waals surface area (Å²) in [4.78, 5) is 20.2. The zero-order valence-electron chi connectivity index (χ0n) is 22.2. The van der Waals surface area contributed by atoms with Gasteiger partial charge in [0.25, 0.3) is 0 Å². The topological polar surface area (TPSA) is 138 Å². The first-order chi connectivity index (χ1) is 16.8. The van der Waals surface area contributed by atoms with Gasteiger partial charge in [0.1, 0.15) is 12.1 Å². The molecule has 0 spiro atoms. The summed E-state index contributed by atoms with van der Waals surface area (Å²) < 4.78 is 32.0. The third-order valence-electron chi connectivity index (χ3n) is 5.94. The molecule has 0 heterocycles. The summed E-state index contributed by atoms with van der Waals surface area (Å²) in [5, 5.41) is 8.66. The van der Waals surface area contributed by atoms with Crippen LogP contribution >= 0.6 is 7.82 Å². The maximum absolute atomic E-state index is 11.8. The van der Waals surface area contributed by atoms with Gasteiger partial charge in [0.15, 0.2) is 0 Å². The van der Waals surface area contributed by atoms with Crippen LogP contribution < -0.4 is 5.73 Å². The minimum atomic E-state index is -4.41. The number of phosphoric acid groups is 1. The maximum Gasteiger partial charge on any atom is 0.472 e. The zero-order valence-corrected chi connectivity index (χ0v) is 23.1. The molecule has 0 saturated carbocycles. The summed E-state index contributed by atoms with van der Waals surface area (Å²) in [6, 6.07) is -1.40. The molecule has 0 aromatic heterocycles. The van der Waals surface area contributed by atoms with Crippen LogP contribution in [-0.4, -0.2) is 61.7 Å². The standard InChI is InChI=1S/C25H52NO8P/c1-3-4-5-6-7-8-9-10-11-12-13-14-15-16-17-18-19-32-20-23(31-2)21-33-35(29,30)34-22-24(26)25(27)28/h23-24H,3-22,26H2,1-2H3,(H,27,28)(H,29,30)/t23-,24+/m1/s1. The number of unbranched alkanes of at least 4 members (excludes halogenated alkanes) is 15. The molecule has 0 aromatic rings. The molecule has 0 aliphatic carbocycles. The van der Waals surface area contributed by atoms with Crippen molar-refractivity contribution in [1.82, 2.24) is 0 Å². The number of ether oxygens (including phenoxy) is 2. The molecular formula is C25H52NO8P. The van der Waals surface area contributed by atoms with Gasteiger partial charge in [-0.05, 0) is 6.42 Å². The molecule has 4 N–H and O–H groups in total. The van der Waals surface area contributed by atoms with Gasteiger partial charge in [-0.15, -0.1) is 0 Å². The van der Waals surface area contributed by atoms with Gasteiger partial charge >= 0.3 is 13.8 Å². The van der Waals surface area contributed by atoms with Crippen LogP contribution in [0.5, 0.6) is 0 Å². The van der Waals surface area contributed by atoms with Crippen molar-refractivity contribution in [3.8, 4) is 0 Å². The molecule has 0 amide bonds. The molecule has 9 nitrogen and oxygen atoms in total. The fraction of sp³-hybridized carbons (Fsp3) is 0.960. The average molecular weight is 526 g/mol. The molecule has 0 aliphatic rings. The van der Waals surface area contributed by atoms with Crippen LogP contribution in [0.15, 0.2) is 0 Å². The Morgan fingerprint density at radius 1 is 0.771 bits per heavy atom. The molecule has 0 aliphatic heterocycles. The second-order valence-corrected chi connectivity index (χ2v) is 10.7. The largest absolute Gasteiger partial charge is 0.480 e. The van der Waals surface area contributed by atoms with Gasteiger partial charge in [-0.2, -0.15) is 0 Å². The molecule has 0 aromatic carbocycles. The lowest BCUT2D eigenvalue weighted by Crippen LogP contribution is -2.34. The molecule has 0 bridgehead atoms. The molecule has 0 rings (SSSR count). The van der Waals surface area contributed by atoms with E-state index in [1.165, 1.54) is 97.0 Å². The van der Waals surface area contributed by atoms with E-state index in [1.54, 1.807) is 0 Å². The third-order valence-corrected chi connectivity index (χ3v) is 6.89. The number of carboxylic acid groups (broad SMARTS) is 1. The van der Waals surface area contributed by atoms with Crippen molar-refractivity contribution < 1.29 is 37.9 Å². The van der Waals surface area contributed by atoms with Crippen LogP contribution in [0.3, 0.4) is 0 Å². The van der Waals surface area contributed by atoms with Gasteiger partial charge in [0.05, 0.1) is 19.8 Å². The fourth-order valence-corrected chi connectivity index (χ4v) is 4.39. The Bertz CT molecular complexity index is 538. The lowest BCUT2D eigenvalue weighted by molar-refractivity contribution is -0.139. The number of aliphatic carboxylic acids is 1. The van der Waals surface area contributed by atoms with E-state index < -0.39 is 32.5 Å². The van der Waals surface area contributed by atoms with Gasteiger partial charge < -0.3 is 25.2 Å². The molecule has 210 valence electrons. The van der Waals surface area contributed by atoms with Crippen LogP contribution in [0, 0.1) is 0 Å². The fourth-order valence-electron chi connectivity index (χ4n) is 3.61. The number of rotatable bonds is 27. The number of carboxylic acids is 1. The molecule has 3 atom stereocenters. The highest BCUT2D eigenvalue weighted by molar-refractivity contribution is 7.47. The molecule has 1 unspecified atom stereocenters. The van der Waals surface area contributed by atoms with Crippen LogP contribution in [-0.2, 0) is 27.9 Å². The molecule has 35 heavy (non-hydrogen) atoms. The van der Waals surface area contributed by atoms with Crippen LogP contribution in [0.4, 0.5) is 0 Å². The molecular weight excluding hydrogens is 473 g/mol. The number of nitrogens with two attached hydrogens (primary N) is 1. The Morgan fingerprint density at radius 2 is 1.20 bits per heavy atom. The van der Waals surface area contributed by atoms with E-state index in [0.717, 1.165) is 12.8 Å². The van der Waals surface area contributed by atoms with Crippen LogP contribution in [0.25, 0.3) is 0 Å². The van der Waals surface area contributed by atoms with E-state index >= 15 is 0 Å². The summed E-state index contributed by atoms with van der Waals surface area (Å²) in [5.74, 6) is -1.33. The van der Waals surface area contributed by atoms with E-state index in [9.17, 15) is 14.3 Å². The molecule has 0 radical (unpaired) electrons. The van der Waals surface area contributed by atoms with Crippen molar-refractivity contribution >= 4 is 13.8 Å². The minimum absolute atomic E-state index is 0.217.